The number of carbonyl (C=O) groups excluding carboxylic acids is 2. The van der Waals surface area contributed by atoms with Crippen LogP contribution in [0.1, 0.15) is 50.5 Å². The Morgan fingerprint density at radius 3 is 2.10 bits per heavy atom. The standard InChI is InChI=1S/C22H29N3O4S/c1-14(2)19(21(27)24-17-7-6-8-18(13-17)30(23,28)29)25-20(26)15-9-11-16(12-10-15)22(3,4)5/h6-14,19H,1-5H3,(H,24,27)(H,25,26)(H2,23,28,29)/t19-/m0/s1. The SMILES string of the molecule is CC(C)[C@H](NC(=O)c1ccc(C(C)(C)C)cc1)C(=O)Nc1cccc(S(N)(=O)=O)c1. The van der Waals surface area contributed by atoms with Crippen LogP contribution in [0.3, 0.4) is 0 Å². The lowest BCUT2D eigenvalue weighted by atomic mass is 9.86. The summed E-state index contributed by atoms with van der Waals surface area (Å²) in [7, 11) is -3.89. The van der Waals surface area contributed by atoms with Crippen LogP contribution in [0.25, 0.3) is 0 Å². The van der Waals surface area contributed by atoms with Gasteiger partial charge in [-0.05, 0) is 47.2 Å². The molecule has 0 fully saturated rings. The lowest BCUT2D eigenvalue weighted by Gasteiger charge is -2.22. The summed E-state index contributed by atoms with van der Waals surface area (Å²) < 4.78 is 23.0. The second-order valence-electron chi connectivity index (χ2n) is 8.58. The topological polar surface area (TPSA) is 118 Å². The zero-order valence-electron chi connectivity index (χ0n) is 17.9. The third-order valence-electron chi connectivity index (χ3n) is 4.68. The number of nitrogens with one attached hydrogen (secondary N) is 2. The predicted molar refractivity (Wildman–Crippen MR) is 118 cm³/mol. The molecule has 1 atom stereocenters. The van der Waals surface area contributed by atoms with E-state index in [1.54, 1.807) is 18.2 Å². The van der Waals surface area contributed by atoms with Crippen LogP contribution in [0, 0.1) is 5.92 Å². The van der Waals surface area contributed by atoms with Crippen LogP contribution in [0.4, 0.5) is 5.69 Å². The highest BCUT2D eigenvalue weighted by Crippen LogP contribution is 2.22. The van der Waals surface area contributed by atoms with E-state index in [0.29, 0.717) is 5.56 Å². The summed E-state index contributed by atoms with van der Waals surface area (Å²) in [6, 6.07) is 12.1. The molecule has 0 heterocycles. The Hall–Kier alpha value is -2.71. The average molecular weight is 432 g/mol. The molecule has 0 aliphatic carbocycles. The molecule has 8 heteroatoms. The van der Waals surface area contributed by atoms with E-state index in [4.69, 9.17) is 5.14 Å². The summed E-state index contributed by atoms with van der Waals surface area (Å²) in [5.41, 5.74) is 1.81. The first-order chi connectivity index (χ1) is 13.8. The molecule has 0 unspecified atom stereocenters. The number of benzene rings is 2. The zero-order chi connectivity index (χ0) is 22.7. The molecule has 2 aromatic carbocycles. The smallest absolute Gasteiger partial charge is 0.251 e. The number of carbonyl (C=O) groups is 2. The van der Waals surface area contributed by atoms with Gasteiger partial charge < -0.3 is 10.6 Å². The van der Waals surface area contributed by atoms with Gasteiger partial charge in [-0.3, -0.25) is 9.59 Å². The lowest BCUT2D eigenvalue weighted by molar-refractivity contribution is -0.118. The van der Waals surface area contributed by atoms with Gasteiger partial charge in [-0.15, -0.1) is 0 Å². The molecule has 0 saturated heterocycles. The van der Waals surface area contributed by atoms with Crippen molar-refractivity contribution in [3.8, 4) is 0 Å². The van der Waals surface area contributed by atoms with Gasteiger partial charge in [0.1, 0.15) is 6.04 Å². The number of hydrogen-bond donors (Lipinski definition) is 3. The van der Waals surface area contributed by atoms with Crippen LogP contribution in [-0.2, 0) is 20.2 Å². The van der Waals surface area contributed by atoms with Gasteiger partial charge in [0.05, 0.1) is 4.90 Å². The van der Waals surface area contributed by atoms with Gasteiger partial charge in [0, 0.05) is 11.3 Å². The maximum absolute atomic E-state index is 12.8. The van der Waals surface area contributed by atoms with Gasteiger partial charge in [0.15, 0.2) is 0 Å². The summed E-state index contributed by atoms with van der Waals surface area (Å²) in [5.74, 6) is -0.997. The largest absolute Gasteiger partial charge is 0.340 e. The molecule has 0 aliphatic rings. The summed E-state index contributed by atoms with van der Waals surface area (Å²) in [4.78, 5) is 25.3. The van der Waals surface area contributed by atoms with Crippen LogP contribution in [0.5, 0.6) is 0 Å². The molecule has 0 radical (unpaired) electrons. The molecule has 30 heavy (non-hydrogen) atoms. The van der Waals surface area contributed by atoms with Crippen molar-refractivity contribution < 1.29 is 18.0 Å². The highest BCUT2D eigenvalue weighted by molar-refractivity contribution is 7.89. The summed E-state index contributed by atoms with van der Waals surface area (Å²) in [6.07, 6.45) is 0. The molecule has 4 N–H and O–H groups in total. The average Bonchev–Trinajstić information content (AvgIpc) is 2.64. The Bertz CT molecular complexity index is 1020. The summed E-state index contributed by atoms with van der Waals surface area (Å²) in [5, 5.41) is 10.5. The summed E-state index contributed by atoms with van der Waals surface area (Å²) >= 11 is 0. The van der Waals surface area contributed by atoms with Crippen molar-refractivity contribution >= 4 is 27.5 Å². The maximum Gasteiger partial charge on any atom is 0.251 e. The molecular formula is C22H29N3O4S. The minimum atomic E-state index is -3.89. The van der Waals surface area contributed by atoms with Crippen LogP contribution in [-0.4, -0.2) is 26.3 Å². The van der Waals surface area contributed by atoms with E-state index in [9.17, 15) is 18.0 Å². The van der Waals surface area contributed by atoms with E-state index in [1.807, 2.05) is 26.0 Å². The third kappa shape index (κ3) is 6.14. The monoisotopic (exact) mass is 431 g/mol. The molecule has 0 saturated carbocycles. The third-order valence-corrected chi connectivity index (χ3v) is 5.59. The number of primary sulfonamides is 1. The molecule has 0 aliphatic heterocycles. The number of anilines is 1. The van der Waals surface area contributed by atoms with Crippen molar-refractivity contribution in [3.63, 3.8) is 0 Å². The molecule has 2 amide bonds. The Balaban J connectivity index is 2.15. The van der Waals surface area contributed by atoms with Crippen LogP contribution >= 0.6 is 0 Å². The first-order valence-corrected chi connectivity index (χ1v) is 11.2. The van der Waals surface area contributed by atoms with Crippen molar-refractivity contribution in [2.24, 2.45) is 11.1 Å². The Morgan fingerprint density at radius 2 is 1.60 bits per heavy atom. The first-order valence-electron chi connectivity index (χ1n) is 9.64. The van der Waals surface area contributed by atoms with E-state index in [2.05, 4.69) is 31.4 Å². The molecule has 0 bridgehead atoms. The van der Waals surface area contributed by atoms with Crippen LogP contribution < -0.4 is 15.8 Å². The van der Waals surface area contributed by atoms with Crippen LogP contribution in [0.2, 0.25) is 0 Å². The fourth-order valence-electron chi connectivity index (χ4n) is 2.85. The Labute approximate surface area is 178 Å². The molecular weight excluding hydrogens is 402 g/mol. The predicted octanol–water partition coefficient (Wildman–Crippen LogP) is 3.02. The highest BCUT2D eigenvalue weighted by Gasteiger charge is 2.25. The van der Waals surface area contributed by atoms with Gasteiger partial charge in [-0.2, -0.15) is 0 Å². The van der Waals surface area contributed by atoms with Crippen molar-refractivity contribution in [2.75, 3.05) is 5.32 Å². The molecule has 2 aromatic rings. The van der Waals surface area contributed by atoms with Gasteiger partial charge >= 0.3 is 0 Å². The lowest BCUT2D eigenvalue weighted by Crippen LogP contribution is -2.47. The quantitative estimate of drug-likeness (QED) is 0.651. The summed E-state index contributed by atoms with van der Waals surface area (Å²) in [6.45, 7) is 9.90. The molecule has 2 rings (SSSR count). The first kappa shape index (κ1) is 23.6. The van der Waals surface area contributed by atoms with Gasteiger partial charge in [-0.1, -0.05) is 52.8 Å². The number of amides is 2. The van der Waals surface area contributed by atoms with Crippen molar-refractivity contribution in [1.82, 2.24) is 5.32 Å². The number of rotatable bonds is 6. The molecule has 0 aromatic heterocycles. The number of nitrogens with two attached hydrogens (primary N) is 1. The van der Waals surface area contributed by atoms with E-state index >= 15 is 0 Å². The van der Waals surface area contributed by atoms with Gasteiger partial charge in [0.25, 0.3) is 5.91 Å². The minimum Gasteiger partial charge on any atom is -0.340 e. The van der Waals surface area contributed by atoms with Crippen molar-refractivity contribution in [2.45, 2.75) is 51.0 Å². The minimum absolute atomic E-state index is 0.0269. The highest BCUT2D eigenvalue weighted by atomic mass is 32.2. The van der Waals surface area contributed by atoms with Gasteiger partial charge in [-0.25, -0.2) is 13.6 Å². The number of hydrogen-bond acceptors (Lipinski definition) is 4. The van der Waals surface area contributed by atoms with E-state index < -0.39 is 22.0 Å². The molecule has 0 spiro atoms. The van der Waals surface area contributed by atoms with Crippen molar-refractivity contribution in [3.05, 3.63) is 59.7 Å². The maximum atomic E-state index is 12.8. The van der Waals surface area contributed by atoms with Crippen molar-refractivity contribution in [1.29, 1.82) is 0 Å². The Morgan fingerprint density at radius 1 is 1.00 bits per heavy atom. The second-order valence-corrected chi connectivity index (χ2v) is 10.1. The van der Waals surface area contributed by atoms with Gasteiger partial charge in [0.2, 0.25) is 15.9 Å². The van der Waals surface area contributed by atoms with E-state index in [-0.39, 0.29) is 27.8 Å². The van der Waals surface area contributed by atoms with E-state index in [1.165, 1.54) is 18.2 Å². The molecule has 162 valence electrons. The second kappa shape index (κ2) is 8.97. The fraction of sp³-hybridized carbons (Fsp3) is 0.364. The fourth-order valence-corrected chi connectivity index (χ4v) is 3.41. The van der Waals surface area contributed by atoms with E-state index in [0.717, 1.165) is 5.56 Å². The number of sulfonamides is 1. The normalized spacial score (nSPS) is 13.0. The Kier molecular flexibility index (Phi) is 7.05. The molecule has 7 nitrogen and oxygen atoms in total. The zero-order valence-corrected chi connectivity index (χ0v) is 18.7. The van der Waals surface area contributed by atoms with Crippen LogP contribution in [0.15, 0.2) is 53.4 Å².